The highest BCUT2D eigenvalue weighted by Gasteiger charge is 2.25. The lowest BCUT2D eigenvalue weighted by Gasteiger charge is -2.30. The molecule has 3 heteroatoms. The summed E-state index contributed by atoms with van der Waals surface area (Å²) in [6, 6.07) is 4.97. The molecule has 0 aliphatic heterocycles. The van der Waals surface area contributed by atoms with Crippen molar-refractivity contribution in [2.24, 2.45) is 5.92 Å². The van der Waals surface area contributed by atoms with Gasteiger partial charge in [0.25, 0.3) is 0 Å². The lowest BCUT2D eigenvalue weighted by atomic mass is 9.96. The topological polar surface area (TPSA) is 21.3 Å². The first-order chi connectivity index (χ1) is 9.62. The molecule has 0 radical (unpaired) electrons. The second-order valence-electron chi connectivity index (χ2n) is 5.65. The molecule has 1 N–H and O–H groups in total. The quantitative estimate of drug-likeness (QED) is 0.696. The van der Waals surface area contributed by atoms with Crippen LogP contribution in [-0.2, 0) is 17.6 Å². The van der Waals surface area contributed by atoms with Crippen molar-refractivity contribution in [3.05, 3.63) is 21.9 Å². The van der Waals surface area contributed by atoms with Gasteiger partial charge in [0, 0.05) is 22.4 Å². The SMILES string of the molecule is CCCNC(Cc1ccc(CC)s1)C(OCC)C(C)C. The molecule has 1 rings (SSSR count). The zero-order valence-corrected chi connectivity index (χ0v) is 14.6. The maximum absolute atomic E-state index is 6.01. The Bertz CT molecular complexity index is 362. The smallest absolute Gasteiger partial charge is 0.0754 e. The summed E-state index contributed by atoms with van der Waals surface area (Å²) in [5, 5.41) is 3.69. The van der Waals surface area contributed by atoms with E-state index in [1.165, 1.54) is 9.75 Å². The molecule has 2 atom stereocenters. The number of thiophene rings is 1. The lowest BCUT2D eigenvalue weighted by molar-refractivity contribution is 0.00380. The van der Waals surface area contributed by atoms with Crippen LogP contribution >= 0.6 is 11.3 Å². The van der Waals surface area contributed by atoms with E-state index >= 15 is 0 Å². The summed E-state index contributed by atoms with van der Waals surface area (Å²) in [4.78, 5) is 2.95. The predicted molar refractivity (Wildman–Crippen MR) is 89.7 cm³/mol. The first kappa shape index (κ1) is 17.7. The standard InChI is InChI=1S/C17H31NOS/c1-6-11-18-16(17(13(4)5)19-8-3)12-15-10-9-14(7-2)20-15/h9-10,13,16-18H,6-8,11-12H2,1-5H3. The average molecular weight is 298 g/mol. The van der Waals surface area contributed by atoms with Gasteiger partial charge in [-0.3, -0.25) is 0 Å². The van der Waals surface area contributed by atoms with Gasteiger partial charge in [0.2, 0.25) is 0 Å². The molecule has 0 aromatic carbocycles. The van der Waals surface area contributed by atoms with E-state index in [1.54, 1.807) is 0 Å². The molecule has 1 aromatic heterocycles. The Labute approximate surface area is 128 Å². The predicted octanol–water partition coefficient (Wildman–Crippen LogP) is 4.28. The molecule has 0 amide bonds. The lowest BCUT2D eigenvalue weighted by Crippen LogP contribution is -2.46. The Morgan fingerprint density at radius 2 is 1.85 bits per heavy atom. The van der Waals surface area contributed by atoms with Crippen LogP contribution in [0.3, 0.4) is 0 Å². The van der Waals surface area contributed by atoms with Crippen LogP contribution in [0.1, 0.15) is 50.8 Å². The largest absolute Gasteiger partial charge is 0.377 e. The van der Waals surface area contributed by atoms with Crippen LogP contribution in [0.25, 0.3) is 0 Å². The molecule has 116 valence electrons. The van der Waals surface area contributed by atoms with Gasteiger partial charge >= 0.3 is 0 Å². The molecule has 2 unspecified atom stereocenters. The Hall–Kier alpha value is -0.380. The maximum Gasteiger partial charge on any atom is 0.0754 e. The van der Waals surface area contributed by atoms with Crippen LogP contribution in [0.4, 0.5) is 0 Å². The van der Waals surface area contributed by atoms with E-state index in [9.17, 15) is 0 Å². The molecule has 0 spiro atoms. The molecule has 0 saturated heterocycles. The molecule has 0 saturated carbocycles. The third-order valence-electron chi connectivity index (χ3n) is 3.56. The minimum absolute atomic E-state index is 0.290. The van der Waals surface area contributed by atoms with E-state index in [4.69, 9.17) is 4.74 Å². The first-order valence-corrected chi connectivity index (χ1v) is 8.86. The Kier molecular flexibility index (Phi) is 8.43. The van der Waals surface area contributed by atoms with Crippen molar-refractivity contribution < 1.29 is 4.74 Å². The van der Waals surface area contributed by atoms with Gasteiger partial charge in [-0.1, -0.05) is 27.7 Å². The van der Waals surface area contributed by atoms with Gasteiger partial charge in [-0.2, -0.15) is 0 Å². The summed E-state index contributed by atoms with van der Waals surface area (Å²) in [6.45, 7) is 12.9. The van der Waals surface area contributed by atoms with Crippen molar-refractivity contribution in [1.82, 2.24) is 5.32 Å². The van der Waals surface area contributed by atoms with Gasteiger partial charge in [-0.15, -0.1) is 11.3 Å². The Morgan fingerprint density at radius 3 is 2.35 bits per heavy atom. The molecule has 0 aliphatic rings. The highest BCUT2D eigenvalue weighted by atomic mass is 32.1. The fraction of sp³-hybridized carbons (Fsp3) is 0.765. The highest BCUT2D eigenvalue weighted by Crippen LogP contribution is 2.22. The van der Waals surface area contributed by atoms with E-state index in [0.29, 0.717) is 18.1 Å². The number of rotatable bonds is 10. The first-order valence-electron chi connectivity index (χ1n) is 8.04. The molecule has 20 heavy (non-hydrogen) atoms. The molecule has 0 fully saturated rings. The molecule has 2 nitrogen and oxygen atoms in total. The summed E-state index contributed by atoms with van der Waals surface area (Å²) in [5.41, 5.74) is 0. The number of nitrogens with one attached hydrogen (secondary N) is 1. The summed E-state index contributed by atoms with van der Waals surface area (Å²) < 4.78 is 6.01. The number of hydrogen-bond acceptors (Lipinski definition) is 3. The molecule has 1 heterocycles. The summed E-state index contributed by atoms with van der Waals surface area (Å²) in [6.07, 6.45) is 3.67. The summed E-state index contributed by atoms with van der Waals surface area (Å²) >= 11 is 1.95. The second-order valence-corrected chi connectivity index (χ2v) is 6.90. The van der Waals surface area contributed by atoms with Crippen LogP contribution in [0.15, 0.2) is 12.1 Å². The Morgan fingerprint density at radius 1 is 1.15 bits per heavy atom. The molecular weight excluding hydrogens is 266 g/mol. The number of aryl methyl sites for hydroxylation is 1. The van der Waals surface area contributed by atoms with Gasteiger partial charge in [0.1, 0.15) is 0 Å². The zero-order valence-electron chi connectivity index (χ0n) is 13.7. The van der Waals surface area contributed by atoms with Crippen molar-refractivity contribution in [1.29, 1.82) is 0 Å². The van der Waals surface area contributed by atoms with Crippen LogP contribution in [0, 0.1) is 5.92 Å². The van der Waals surface area contributed by atoms with E-state index in [0.717, 1.165) is 32.4 Å². The maximum atomic E-state index is 6.01. The normalized spacial score (nSPS) is 14.7. The van der Waals surface area contributed by atoms with Crippen molar-refractivity contribution in [3.8, 4) is 0 Å². The highest BCUT2D eigenvalue weighted by molar-refractivity contribution is 7.11. The van der Waals surface area contributed by atoms with Gasteiger partial charge < -0.3 is 10.1 Å². The van der Waals surface area contributed by atoms with Crippen LogP contribution < -0.4 is 5.32 Å². The van der Waals surface area contributed by atoms with Gasteiger partial charge in [0.05, 0.1) is 6.10 Å². The van der Waals surface area contributed by atoms with Gasteiger partial charge in [-0.25, -0.2) is 0 Å². The molecule has 1 aromatic rings. The van der Waals surface area contributed by atoms with Crippen molar-refractivity contribution in [3.63, 3.8) is 0 Å². The van der Waals surface area contributed by atoms with E-state index in [-0.39, 0.29) is 0 Å². The fourth-order valence-corrected chi connectivity index (χ4v) is 3.55. The summed E-state index contributed by atoms with van der Waals surface area (Å²) in [7, 11) is 0. The fourth-order valence-electron chi connectivity index (χ4n) is 2.54. The zero-order chi connectivity index (χ0) is 15.0. The Balaban J connectivity index is 2.75. The second kappa shape index (κ2) is 9.54. The molecule has 0 aliphatic carbocycles. The molecular formula is C17H31NOS. The summed E-state index contributed by atoms with van der Waals surface area (Å²) in [5.74, 6) is 0.537. The third kappa shape index (κ3) is 5.55. The van der Waals surface area contributed by atoms with E-state index in [1.807, 2.05) is 11.3 Å². The third-order valence-corrected chi connectivity index (χ3v) is 4.81. The van der Waals surface area contributed by atoms with Gasteiger partial charge in [-0.05, 0) is 50.8 Å². The van der Waals surface area contributed by atoms with Crippen molar-refractivity contribution in [2.75, 3.05) is 13.2 Å². The van der Waals surface area contributed by atoms with Gasteiger partial charge in [0.15, 0.2) is 0 Å². The minimum Gasteiger partial charge on any atom is -0.377 e. The average Bonchev–Trinajstić information content (AvgIpc) is 2.88. The minimum atomic E-state index is 0.290. The van der Waals surface area contributed by atoms with E-state index < -0.39 is 0 Å². The molecule has 0 bridgehead atoms. The monoisotopic (exact) mass is 297 g/mol. The van der Waals surface area contributed by atoms with Crippen LogP contribution in [-0.4, -0.2) is 25.3 Å². The number of ether oxygens (including phenoxy) is 1. The number of hydrogen-bond donors (Lipinski definition) is 1. The van der Waals surface area contributed by atoms with E-state index in [2.05, 4.69) is 52.1 Å². The van der Waals surface area contributed by atoms with Crippen LogP contribution in [0.2, 0.25) is 0 Å². The van der Waals surface area contributed by atoms with Crippen molar-refractivity contribution in [2.45, 2.75) is 66.0 Å². The van der Waals surface area contributed by atoms with Crippen molar-refractivity contribution >= 4 is 11.3 Å². The van der Waals surface area contributed by atoms with Crippen LogP contribution in [0.5, 0.6) is 0 Å².